The van der Waals surface area contributed by atoms with Crippen LogP contribution >= 0.6 is 11.6 Å². The first kappa shape index (κ1) is 17.4. The molecule has 0 saturated carbocycles. The molecular formula is C18H22ClNO3. The molecule has 0 spiro atoms. The van der Waals surface area contributed by atoms with Crippen LogP contribution in [0.3, 0.4) is 0 Å². The molecule has 23 heavy (non-hydrogen) atoms. The van der Waals surface area contributed by atoms with E-state index in [4.69, 9.17) is 25.8 Å². The first-order valence-corrected chi connectivity index (χ1v) is 7.79. The summed E-state index contributed by atoms with van der Waals surface area (Å²) in [6, 6.07) is 11.8. The highest BCUT2D eigenvalue weighted by atomic mass is 35.5. The van der Waals surface area contributed by atoms with E-state index in [2.05, 4.69) is 5.32 Å². The molecule has 0 aliphatic heterocycles. The number of nitrogens with one attached hydrogen (secondary N) is 1. The molecule has 0 bridgehead atoms. The summed E-state index contributed by atoms with van der Waals surface area (Å²) >= 11 is 5.89. The van der Waals surface area contributed by atoms with Gasteiger partial charge in [0.25, 0.3) is 0 Å². The topological polar surface area (TPSA) is 39.7 Å². The van der Waals surface area contributed by atoms with Gasteiger partial charge in [-0.2, -0.15) is 0 Å². The Morgan fingerprint density at radius 3 is 2.00 bits per heavy atom. The van der Waals surface area contributed by atoms with Crippen LogP contribution in [0.2, 0.25) is 5.02 Å². The lowest BCUT2D eigenvalue weighted by Gasteiger charge is -2.14. The highest BCUT2D eigenvalue weighted by molar-refractivity contribution is 6.30. The zero-order valence-electron chi connectivity index (χ0n) is 13.7. The van der Waals surface area contributed by atoms with Crippen molar-refractivity contribution >= 4 is 11.6 Å². The Morgan fingerprint density at radius 1 is 0.870 bits per heavy atom. The Kier molecular flexibility index (Phi) is 6.56. The van der Waals surface area contributed by atoms with E-state index in [0.29, 0.717) is 17.2 Å². The summed E-state index contributed by atoms with van der Waals surface area (Å²) in [6.45, 7) is 1.60. The molecule has 0 amide bonds. The van der Waals surface area contributed by atoms with Crippen LogP contribution in [0.15, 0.2) is 36.4 Å². The van der Waals surface area contributed by atoms with Crippen LogP contribution in [0.1, 0.15) is 11.1 Å². The van der Waals surface area contributed by atoms with Gasteiger partial charge in [-0.15, -0.1) is 0 Å². The Morgan fingerprint density at radius 2 is 1.48 bits per heavy atom. The molecule has 1 N–H and O–H groups in total. The number of rotatable bonds is 8. The Hall–Kier alpha value is -1.91. The van der Waals surface area contributed by atoms with Crippen molar-refractivity contribution in [3.8, 4) is 17.2 Å². The van der Waals surface area contributed by atoms with E-state index < -0.39 is 0 Å². The van der Waals surface area contributed by atoms with Crippen LogP contribution in [0.4, 0.5) is 0 Å². The SMILES string of the molecule is COc1cc(CNCCc2ccc(Cl)cc2)cc(OC)c1OC. The summed E-state index contributed by atoms with van der Waals surface area (Å²) < 4.78 is 16.0. The van der Waals surface area contributed by atoms with Gasteiger partial charge in [0.05, 0.1) is 21.3 Å². The van der Waals surface area contributed by atoms with Crippen LogP contribution in [0.5, 0.6) is 17.2 Å². The third-order valence-electron chi connectivity index (χ3n) is 3.56. The van der Waals surface area contributed by atoms with Gasteiger partial charge in [-0.1, -0.05) is 23.7 Å². The van der Waals surface area contributed by atoms with Gasteiger partial charge in [0.15, 0.2) is 11.5 Å². The molecule has 0 radical (unpaired) electrons. The largest absolute Gasteiger partial charge is 0.493 e. The van der Waals surface area contributed by atoms with Gasteiger partial charge >= 0.3 is 0 Å². The maximum Gasteiger partial charge on any atom is 0.203 e. The molecule has 0 heterocycles. The van der Waals surface area contributed by atoms with E-state index in [0.717, 1.165) is 30.1 Å². The van der Waals surface area contributed by atoms with E-state index in [1.165, 1.54) is 5.56 Å². The zero-order chi connectivity index (χ0) is 16.7. The number of ether oxygens (including phenoxy) is 3. The quantitative estimate of drug-likeness (QED) is 0.747. The normalized spacial score (nSPS) is 10.4. The van der Waals surface area contributed by atoms with Gasteiger partial charge < -0.3 is 19.5 Å². The Labute approximate surface area is 142 Å². The van der Waals surface area contributed by atoms with Crippen molar-refractivity contribution in [1.82, 2.24) is 5.32 Å². The minimum absolute atomic E-state index is 0.611. The summed E-state index contributed by atoms with van der Waals surface area (Å²) in [6.07, 6.45) is 0.946. The lowest BCUT2D eigenvalue weighted by Crippen LogP contribution is -2.16. The molecule has 0 aliphatic carbocycles. The molecule has 2 aromatic carbocycles. The minimum atomic E-state index is 0.611. The van der Waals surface area contributed by atoms with Crippen molar-refractivity contribution in [2.24, 2.45) is 0 Å². The predicted molar refractivity (Wildman–Crippen MR) is 93.0 cm³/mol. The van der Waals surface area contributed by atoms with Crippen LogP contribution in [0, 0.1) is 0 Å². The minimum Gasteiger partial charge on any atom is -0.493 e. The second-order valence-corrected chi connectivity index (χ2v) is 5.52. The maximum absolute atomic E-state index is 5.89. The first-order chi connectivity index (χ1) is 11.2. The average Bonchev–Trinajstić information content (AvgIpc) is 2.59. The van der Waals surface area contributed by atoms with Crippen molar-refractivity contribution in [3.63, 3.8) is 0 Å². The average molecular weight is 336 g/mol. The van der Waals surface area contributed by atoms with Gasteiger partial charge in [-0.25, -0.2) is 0 Å². The molecule has 5 heteroatoms. The fourth-order valence-electron chi connectivity index (χ4n) is 2.35. The standard InChI is InChI=1S/C18H22ClNO3/c1-21-16-10-14(11-17(22-2)18(16)23-3)12-20-9-8-13-4-6-15(19)7-5-13/h4-7,10-11,20H,8-9,12H2,1-3H3. The van der Waals surface area contributed by atoms with Crippen LogP contribution in [-0.2, 0) is 13.0 Å². The molecule has 0 fully saturated rings. The molecule has 2 rings (SSSR count). The predicted octanol–water partition coefficient (Wildman–Crippen LogP) is 3.70. The number of methoxy groups -OCH3 is 3. The summed E-state index contributed by atoms with van der Waals surface area (Å²) in [4.78, 5) is 0. The first-order valence-electron chi connectivity index (χ1n) is 7.42. The van der Waals surface area contributed by atoms with E-state index in [1.54, 1.807) is 21.3 Å². The van der Waals surface area contributed by atoms with E-state index in [-0.39, 0.29) is 0 Å². The molecule has 0 atom stereocenters. The molecular weight excluding hydrogens is 314 g/mol. The van der Waals surface area contributed by atoms with Crippen LogP contribution in [-0.4, -0.2) is 27.9 Å². The highest BCUT2D eigenvalue weighted by Gasteiger charge is 2.12. The molecule has 124 valence electrons. The number of hydrogen-bond acceptors (Lipinski definition) is 4. The molecule has 0 aromatic heterocycles. The van der Waals surface area contributed by atoms with E-state index >= 15 is 0 Å². The number of hydrogen-bond donors (Lipinski definition) is 1. The second-order valence-electron chi connectivity index (χ2n) is 5.09. The van der Waals surface area contributed by atoms with Crippen molar-refractivity contribution in [2.45, 2.75) is 13.0 Å². The van der Waals surface area contributed by atoms with Gasteiger partial charge in [0.1, 0.15) is 0 Å². The Bertz CT molecular complexity index is 604. The van der Waals surface area contributed by atoms with Gasteiger partial charge in [0.2, 0.25) is 5.75 Å². The Balaban J connectivity index is 1.93. The summed E-state index contributed by atoms with van der Waals surface area (Å²) in [5, 5.41) is 4.18. The fraction of sp³-hybridized carbons (Fsp3) is 0.333. The van der Waals surface area contributed by atoms with E-state index in [9.17, 15) is 0 Å². The van der Waals surface area contributed by atoms with Crippen LogP contribution < -0.4 is 19.5 Å². The van der Waals surface area contributed by atoms with Gasteiger partial charge in [-0.05, 0) is 48.4 Å². The summed E-state index contributed by atoms with van der Waals surface area (Å²) in [5.74, 6) is 1.95. The summed E-state index contributed by atoms with van der Waals surface area (Å²) in [5.41, 5.74) is 2.34. The smallest absolute Gasteiger partial charge is 0.203 e. The third kappa shape index (κ3) is 4.78. The molecule has 0 saturated heterocycles. The number of benzene rings is 2. The van der Waals surface area contributed by atoms with E-state index in [1.807, 2.05) is 36.4 Å². The third-order valence-corrected chi connectivity index (χ3v) is 3.81. The van der Waals surface area contributed by atoms with Gasteiger partial charge in [0, 0.05) is 11.6 Å². The monoisotopic (exact) mass is 335 g/mol. The highest BCUT2D eigenvalue weighted by Crippen LogP contribution is 2.38. The molecule has 2 aromatic rings. The number of halogens is 1. The molecule has 0 unspecified atom stereocenters. The van der Waals surface area contributed by atoms with Crippen molar-refractivity contribution in [1.29, 1.82) is 0 Å². The van der Waals surface area contributed by atoms with Crippen molar-refractivity contribution < 1.29 is 14.2 Å². The zero-order valence-corrected chi connectivity index (χ0v) is 14.4. The molecule has 4 nitrogen and oxygen atoms in total. The summed E-state index contributed by atoms with van der Waals surface area (Å²) in [7, 11) is 4.84. The van der Waals surface area contributed by atoms with Gasteiger partial charge in [-0.3, -0.25) is 0 Å². The molecule has 0 aliphatic rings. The second kappa shape index (κ2) is 8.65. The fourth-order valence-corrected chi connectivity index (χ4v) is 2.48. The van der Waals surface area contributed by atoms with Crippen LogP contribution in [0.25, 0.3) is 0 Å². The van der Waals surface area contributed by atoms with Crippen molar-refractivity contribution in [2.75, 3.05) is 27.9 Å². The maximum atomic E-state index is 5.89. The van der Waals surface area contributed by atoms with Crippen molar-refractivity contribution in [3.05, 3.63) is 52.5 Å². The lowest BCUT2D eigenvalue weighted by molar-refractivity contribution is 0.323. The lowest BCUT2D eigenvalue weighted by atomic mass is 10.1.